The van der Waals surface area contributed by atoms with Gasteiger partial charge in [0.2, 0.25) is 0 Å². The van der Waals surface area contributed by atoms with Gasteiger partial charge in [-0.3, -0.25) is 9.10 Å². The first-order valence-corrected chi connectivity index (χ1v) is 10.6. The molecule has 1 N–H and O–H groups in total. The molecule has 8 heteroatoms. The zero-order chi connectivity index (χ0) is 20.9. The maximum absolute atomic E-state index is 13.1. The van der Waals surface area contributed by atoms with Gasteiger partial charge in [0.25, 0.3) is 10.0 Å². The molecule has 29 heavy (non-hydrogen) atoms. The van der Waals surface area contributed by atoms with Crippen LogP contribution >= 0.6 is 0 Å². The minimum Gasteiger partial charge on any atom is -0.461 e. The molecule has 1 aliphatic rings. The molecule has 0 spiro atoms. The van der Waals surface area contributed by atoms with Gasteiger partial charge in [-0.05, 0) is 43.9 Å². The number of benzene rings is 2. The third kappa shape index (κ3) is 2.82. The number of rotatable bonds is 5. The number of Topliss-reactive ketones (excluding diaryl/α,β-unsaturated/α-hetero) is 1. The molecule has 4 rings (SSSR count). The monoisotopic (exact) mass is 412 g/mol. The Bertz CT molecular complexity index is 1270. The standard InChI is InChI=1S/C21H20N2O5S/c1-4-28-21(25)20-12(2)18(13(3)22-20)16(24)11-23-15-9-5-7-14-8-6-10-17(19(14)15)29(23,26)27/h5-10,22H,4,11H2,1-3H3. The highest BCUT2D eigenvalue weighted by atomic mass is 32.2. The number of esters is 1. The van der Waals surface area contributed by atoms with Crippen molar-refractivity contribution in [2.75, 3.05) is 17.5 Å². The zero-order valence-electron chi connectivity index (χ0n) is 16.3. The number of sulfonamides is 1. The fraction of sp³-hybridized carbons (Fsp3) is 0.238. The number of ketones is 1. The second kappa shape index (κ2) is 6.73. The van der Waals surface area contributed by atoms with Gasteiger partial charge in [-0.25, -0.2) is 13.2 Å². The molecule has 0 unspecified atom stereocenters. The Kier molecular flexibility index (Phi) is 4.46. The van der Waals surface area contributed by atoms with Crippen molar-refractivity contribution in [1.29, 1.82) is 0 Å². The van der Waals surface area contributed by atoms with E-state index in [2.05, 4.69) is 4.98 Å². The fourth-order valence-corrected chi connectivity index (χ4v) is 5.58. The molecule has 3 aromatic rings. The Morgan fingerprint density at radius 3 is 2.48 bits per heavy atom. The summed E-state index contributed by atoms with van der Waals surface area (Å²) in [5, 5.41) is 1.43. The molecule has 1 aromatic heterocycles. The smallest absolute Gasteiger partial charge is 0.355 e. The lowest BCUT2D eigenvalue weighted by Crippen LogP contribution is -2.33. The predicted octanol–water partition coefficient (Wildman–Crippen LogP) is 3.35. The summed E-state index contributed by atoms with van der Waals surface area (Å²) >= 11 is 0. The van der Waals surface area contributed by atoms with Gasteiger partial charge in [0, 0.05) is 16.6 Å². The summed E-state index contributed by atoms with van der Waals surface area (Å²) in [5.41, 5.74) is 1.97. The number of nitrogens with zero attached hydrogens (tertiary/aromatic N) is 1. The van der Waals surface area contributed by atoms with E-state index in [4.69, 9.17) is 4.74 Å². The molecule has 0 radical (unpaired) electrons. The van der Waals surface area contributed by atoms with Crippen LogP contribution in [0.25, 0.3) is 10.8 Å². The van der Waals surface area contributed by atoms with Gasteiger partial charge >= 0.3 is 5.97 Å². The van der Waals surface area contributed by atoms with Crippen molar-refractivity contribution in [2.24, 2.45) is 0 Å². The van der Waals surface area contributed by atoms with E-state index < -0.39 is 16.0 Å². The summed E-state index contributed by atoms with van der Waals surface area (Å²) in [5.74, 6) is -0.932. The van der Waals surface area contributed by atoms with Crippen LogP contribution < -0.4 is 4.31 Å². The number of carbonyl (C=O) groups is 2. The van der Waals surface area contributed by atoms with Crippen molar-refractivity contribution >= 4 is 38.2 Å². The van der Waals surface area contributed by atoms with E-state index in [1.165, 1.54) is 0 Å². The highest BCUT2D eigenvalue weighted by Crippen LogP contribution is 2.42. The van der Waals surface area contributed by atoms with Crippen molar-refractivity contribution in [3.8, 4) is 0 Å². The number of aromatic nitrogens is 1. The Hall–Kier alpha value is -3.13. The lowest BCUT2D eigenvalue weighted by Gasteiger charge is -2.18. The van der Waals surface area contributed by atoms with Crippen LogP contribution in [0.5, 0.6) is 0 Å². The van der Waals surface area contributed by atoms with Gasteiger partial charge in [-0.15, -0.1) is 0 Å². The number of H-pyrrole nitrogens is 1. The maximum Gasteiger partial charge on any atom is 0.355 e. The largest absolute Gasteiger partial charge is 0.461 e. The number of aryl methyl sites for hydroxylation is 1. The van der Waals surface area contributed by atoms with E-state index in [1.54, 1.807) is 45.0 Å². The molecule has 0 saturated carbocycles. The van der Waals surface area contributed by atoms with E-state index in [0.717, 1.165) is 9.69 Å². The number of carbonyl (C=O) groups excluding carboxylic acids is 2. The first-order chi connectivity index (χ1) is 13.8. The van der Waals surface area contributed by atoms with Crippen LogP contribution in [0.4, 0.5) is 5.69 Å². The van der Waals surface area contributed by atoms with E-state index in [-0.39, 0.29) is 29.5 Å². The molecular weight excluding hydrogens is 392 g/mol. The molecule has 1 aliphatic heterocycles. The normalized spacial score (nSPS) is 14.4. The van der Waals surface area contributed by atoms with Crippen LogP contribution in [0.1, 0.15) is 39.0 Å². The fourth-order valence-electron chi connectivity index (χ4n) is 3.91. The molecule has 150 valence electrons. The first kappa shape index (κ1) is 19.2. The molecular formula is C21H20N2O5S. The maximum atomic E-state index is 13.1. The van der Waals surface area contributed by atoms with Crippen LogP contribution in [0, 0.1) is 13.8 Å². The van der Waals surface area contributed by atoms with Crippen molar-refractivity contribution in [2.45, 2.75) is 25.7 Å². The SMILES string of the molecule is CCOC(=O)c1[nH]c(C)c(C(=O)CN2c3cccc4cccc(c34)S2(=O)=O)c1C. The first-order valence-electron chi connectivity index (χ1n) is 9.21. The average molecular weight is 412 g/mol. The van der Waals surface area contributed by atoms with Crippen molar-refractivity contribution in [1.82, 2.24) is 4.98 Å². The Morgan fingerprint density at radius 1 is 1.10 bits per heavy atom. The molecule has 0 fully saturated rings. The van der Waals surface area contributed by atoms with Crippen molar-refractivity contribution in [3.63, 3.8) is 0 Å². The number of aromatic amines is 1. The number of hydrogen-bond donors (Lipinski definition) is 1. The summed E-state index contributed by atoms with van der Waals surface area (Å²) in [7, 11) is -3.83. The van der Waals surface area contributed by atoms with Gasteiger partial charge in [-0.2, -0.15) is 0 Å². The Labute approximate surface area is 168 Å². The summed E-state index contributed by atoms with van der Waals surface area (Å²) in [6.07, 6.45) is 0. The third-order valence-corrected chi connectivity index (χ3v) is 6.97. The van der Waals surface area contributed by atoms with E-state index in [0.29, 0.717) is 27.9 Å². The number of anilines is 1. The predicted molar refractivity (Wildman–Crippen MR) is 109 cm³/mol. The molecule has 2 heterocycles. The minimum atomic E-state index is -3.83. The highest BCUT2D eigenvalue weighted by Gasteiger charge is 2.37. The summed E-state index contributed by atoms with van der Waals surface area (Å²) in [4.78, 5) is 28.3. The summed E-state index contributed by atoms with van der Waals surface area (Å²) < 4.78 is 32.3. The van der Waals surface area contributed by atoms with Crippen LogP contribution in [0.2, 0.25) is 0 Å². The minimum absolute atomic E-state index is 0.202. The molecule has 0 saturated heterocycles. The second-order valence-electron chi connectivity index (χ2n) is 6.91. The molecule has 0 bridgehead atoms. The van der Waals surface area contributed by atoms with Crippen LogP contribution in [0.3, 0.4) is 0 Å². The molecule has 0 amide bonds. The molecule has 7 nitrogen and oxygen atoms in total. The van der Waals surface area contributed by atoms with Gasteiger partial charge in [0.1, 0.15) is 5.69 Å². The topological polar surface area (TPSA) is 96.5 Å². The van der Waals surface area contributed by atoms with Gasteiger partial charge in [0.05, 0.1) is 23.7 Å². The molecule has 0 atom stereocenters. The highest BCUT2D eigenvalue weighted by molar-refractivity contribution is 7.93. The zero-order valence-corrected chi connectivity index (χ0v) is 17.1. The Balaban J connectivity index is 1.74. The van der Waals surface area contributed by atoms with Crippen molar-refractivity contribution in [3.05, 3.63) is 58.9 Å². The van der Waals surface area contributed by atoms with Crippen LogP contribution in [-0.4, -0.2) is 38.3 Å². The van der Waals surface area contributed by atoms with Crippen molar-refractivity contribution < 1.29 is 22.7 Å². The number of nitrogens with one attached hydrogen (secondary N) is 1. The molecule has 0 aliphatic carbocycles. The third-order valence-electron chi connectivity index (χ3n) is 5.16. The lowest BCUT2D eigenvalue weighted by molar-refractivity contribution is 0.0519. The second-order valence-corrected chi connectivity index (χ2v) is 8.74. The quantitative estimate of drug-likeness (QED) is 0.512. The Morgan fingerprint density at radius 2 is 1.79 bits per heavy atom. The van der Waals surface area contributed by atoms with E-state index in [1.807, 2.05) is 12.1 Å². The van der Waals surface area contributed by atoms with Crippen LogP contribution in [-0.2, 0) is 14.8 Å². The lowest BCUT2D eigenvalue weighted by atomic mass is 10.0. The molecule has 2 aromatic carbocycles. The van der Waals surface area contributed by atoms with Gasteiger partial charge in [0.15, 0.2) is 5.78 Å². The summed E-state index contributed by atoms with van der Waals surface area (Å²) in [6, 6.07) is 10.4. The van der Waals surface area contributed by atoms with Gasteiger partial charge < -0.3 is 9.72 Å². The number of hydrogen-bond acceptors (Lipinski definition) is 5. The van der Waals surface area contributed by atoms with Crippen LogP contribution in [0.15, 0.2) is 41.3 Å². The summed E-state index contributed by atoms with van der Waals surface area (Å²) in [6.45, 7) is 4.89. The van der Waals surface area contributed by atoms with Gasteiger partial charge in [-0.1, -0.05) is 24.3 Å². The number of ether oxygens (including phenoxy) is 1. The average Bonchev–Trinajstić information content (AvgIpc) is 3.09. The van der Waals surface area contributed by atoms with E-state index in [9.17, 15) is 18.0 Å². The van der Waals surface area contributed by atoms with E-state index >= 15 is 0 Å².